The van der Waals surface area contributed by atoms with Crippen molar-refractivity contribution in [1.82, 2.24) is 4.57 Å². The van der Waals surface area contributed by atoms with Gasteiger partial charge in [-0.3, -0.25) is 0 Å². The van der Waals surface area contributed by atoms with Gasteiger partial charge in [-0.15, -0.1) is 0 Å². The minimum Gasteiger partial charge on any atom is -0.308 e. The zero-order chi connectivity index (χ0) is 17.1. The van der Waals surface area contributed by atoms with E-state index in [1.54, 1.807) is 0 Å². The van der Waals surface area contributed by atoms with Crippen molar-refractivity contribution < 1.29 is 0 Å². The lowest BCUT2D eigenvalue weighted by atomic mass is 10.1. The van der Waals surface area contributed by atoms with Crippen molar-refractivity contribution in [2.24, 2.45) is 0 Å². The molecule has 0 atom stereocenters. The van der Waals surface area contributed by atoms with Gasteiger partial charge in [0.25, 0.3) is 0 Å². The van der Waals surface area contributed by atoms with Crippen LogP contribution in [-0.4, -0.2) is 4.57 Å². The number of fused-ring (bicyclic) bond motifs is 6. The maximum Gasteiger partial charge on any atom is 0.0579 e. The smallest absolute Gasteiger partial charge is 0.0579 e. The van der Waals surface area contributed by atoms with Gasteiger partial charge in [0, 0.05) is 22.8 Å². The molecule has 122 valence electrons. The van der Waals surface area contributed by atoms with E-state index < -0.39 is 0 Å². The zero-order valence-corrected chi connectivity index (χ0v) is 14.3. The van der Waals surface area contributed by atoms with Gasteiger partial charge in [0.15, 0.2) is 0 Å². The van der Waals surface area contributed by atoms with Crippen LogP contribution in [-0.2, 0) is 6.42 Å². The molecule has 1 heterocycles. The van der Waals surface area contributed by atoms with E-state index in [0.717, 1.165) is 6.42 Å². The number of benzene rings is 4. The van der Waals surface area contributed by atoms with Gasteiger partial charge in [0.2, 0.25) is 0 Å². The molecule has 1 aliphatic rings. The lowest BCUT2D eigenvalue weighted by Gasteiger charge is -2.14. The Morgan fingerprint density at radius 3 is 2.31 bits per heavy atom. The topological polar surface area (TPSA) is 4.93 Å². The summed E-state index contributed by atoms with van der Waals surface area (Å²) in [6.45, 7) is 0. The Morgan fingerprint density at radius 1 is 0.615 bits per heavy atom. The average Bonchev–Trinajstić information content (AvgIpc) is 3.22. The number of para-hydroxylation sites is 1. The second kappa shape index (κ2) is 5.09. The molecule has 1 nitrogen and oxygen atoms in total. The fraction of sp³-hybridized carbons (Fsp3) is 0.0400. The van der Waals surface area contributed by atoms with Gasteiger partial charge in [-0.25, -0.2) is 0 Å². The number of rotatable bonds is 1. The molecule has 5 aromatic rings. The second-order valence-electron chi connectivity index (χ2n) is 7.01. The minimum absolute atomic E-state index is 1.02. The molecule has 1 aromatic heterocycles. The summed E-state index contributed by atoms with van der Waals surface area (Å²) >= 11 is 0. The summed E-state index contributed by atoms with van der Waals surface area (Å²) < 4.78 is 2.47. The molecule has 0 radical (unpaired) electrons. The van der Waals surface area contributed by atoms with E-state index in [4.69, 9.17) is 0 Å². The summed E-state index contributed by atoms with van der Waals surface area (Å²) in [6, 6.07) is 32.9. The van der Waals surface area contributed by atoms with Gasteiger partial charge < -0.3 is 4.57 Å². The first-order chi connectivity index (χ1) is 12.9. The average molecular weight is 331 g/mol. The van der Waals surface area contributed by atoms with Crippen LogP contribution in [0, 0.1) is 0 Å². The van der Waals surface area contributed by atoms with Crippen LogP contribution in [0.2, 0.25) is 0 Å². The summed E-state index contributed by atoms with van der Waals surface area (Å²) in [6.07, 6.45) is 1.02. The zero-order valence-electron chi connectivity index (χ0n) is 14.3. The molecular formula is C25H17N. The normalized spacial score (nSPS) is 12.5. The van der Waals surface area contributed by atoms with E-state index in [2.05, 4.69) is 95.6 Å². The molecule has 0 spiro atoms. The molecule has 1 heteroatoms. The second-order valence-corrected chi connectivity index (χ2v) is 7.01. The van der Waals surface area contributed by atoms with Crippen LogP contribution in [0.5, 0.6) is 0 Å². The van der Waals surface area contributed by atoms with Crippen molar-refractivity contribution in [3.8, 4) is 16.9 Å². The third-order valence-corrected chi connectivity index (χ3v) is 5.63. The maximum atomic E-state index is 2.47. The Hall–Kier alpha value is -3.32. The molecule has 6 rings (SSSR count). The van der Waals surface area contributed by atoms with E-state index >= 15 is 0 Å². The predicted octanol–water partition coefficient (Wildman–Crippen LogP) is 6.35. The molecule has 0 unspecified atom stereocenters. The lowest BCUT2D eigenvalue weighted by molar-refractivity contribution is 1.15. The van der Waals surface area contributed by atoms with Gasteiger partial charge in [0.1, 0.15) is 0 Å². The molecular weight excluding hydrogens is 314 g/mol. The van der Waals surface area contributed by atoms with Crippen LogP contribution in [0.4, 0.5) is 0 Å². The van der Waals surface area contributed by atoms with Crippen LogP contribution in [0.1, 0.15) is 11.1 Å². The van der Waals surface area contributed by atoms with Crippen molar-refractivity contribution in [1.29, 1.82) is 0 Å². The van der Waals surface area contributed by atoms with Gasteiger partial charge >= 0.3 is 0 Å². The van der Waals surface area contributed by atoms with E-state index in [1.165, 1.54) is 49.7 Å². The van der Waals surface area contributed by atoms with Crippen molar-refractivity contribution in [3.63, 3.8) is 0 Å². The summed E-state index contributed by atoms with van der Waals surface area (Å²) in [4.78, 5) is 0. The van der Waals surface area contributed by atoms with Gasteiger partial charge in [-0.1, -0.05) is 78.9 Å². The van der Waals surface area contributed by atoms with Crippen LogP contribution in [0.25, 0.3) is 38.6 Å². The van der Waals surface area contributed by atoms with Crippen molar-refractivity contribution in [2.75, 3.05) is 0 Å². The quantitative estimate of drug-likeness (QED) is 0.330. The lowest BCUT2D eigenvalue weighted by Crippen LogP contribution is -1.97. The molecule has 0 aliphatic heterocycles. The van der Waals surface area contributed by atoms with Crippen molar-refractivity contribution in [3.05, 3.63) is 102 Å². The number of hydrogen-bond donors (Lipinski definition) is 0. The molecule has 26 heavy (non-hydrogen) atoms. The Labute approximate surface area is 152 Å². The Morgan fingerprint density at radius 2 is 1.35 bits per heavy atom. The van der Waals surface area contributed by atoms with E-state index in [1.807, 2.05) is 0 Å². The van der Waals surface area contributed by atoms with Crippen LogP contribution in [0.3, 0.4) is 0 Å². The monoisotopic (exact) mass is 331 g/mol. The fourth-order valence-electron chi connectivity index (χ4n) is 4.52. The van der Waals surface area contributed by atoms with E-state index in [-0.39, 0.29) is 0 Å². The summed E-state index contributed by atoms with van der Waals surface area (Å²) in [5.41, 5.74) is 8.16. The molecule has 0 saturated heterocycles. The molecule has 0 amide bonds. The molecule has 1 aliphatic carbocycles. The molecule has 0 fully saturated rings. The molecule has 0 saturated carbocycles. The van der Waals surface area contributed by atoms with E-state index in [0.29, 0.717) is 0 Å². The fourth-order valence-corrected chi connectivity index (χ4v) is 4.52. The van der Waals surface area contributed by atoms with Crippen molar-refractivity contribution >= 4 is 21.7 Å². The number of aromatic nitrogens is 1. The molecule has 0 bridgehead atoms. The van der Waals surface area contributed by atoms with Crippen LogP contribution >= 0.6 is 0 Å². The Bertz CT molecular complexity index is 1300. The summed E-state index contributed by atoms with van der Waals surface area (Å²) in [7, 11) is 0. The first kappa shape index (κ1) is 13.9. The molecule has 0 N–H and O–H groups in total. The highest BCUT2D eigenvalue weighted by Crippen LogP contribution is 2.44. The standard InChI is InChI=1S/C25H17N/c1-3-11-19-17(8-1)10-7-15-23(19)26-24-14-6-5-13-21(24)22-16-18-9-2-4-12-20(18)25(22)26/h1-15H,16H2. The SMILES string of the molecule is c1ccc2c(c1)Cc1c-2n(-c2cccc3ccccc23)c2ccccc12. The predicted molar refractivity (Wildman–Crippen MR) is 109 cm³/mol. The minimum atomic E-state index is 1.02. The third-order valence-electron chi connectivity index (χ3n) is 5.63. The Balaban J connectivity index is 1.81. The number of nitrogens with zero attached hydrogens (tertiary/aromatic N) is 1. The van der Waals surface area contributed by atoms with Crippen molar-refractivity contribution in [2.45, 2.75) is 6.42 Å². The Kier molecular flexibility index (Phi) is 2.72. The number of hydrogen-bond acceptors (Lipinski definition) is 0. The maximum absolute atomic E-state index is 2.47. The highest BCUT2D eigenvalue weighted by Gasteiger charge is 2.27. The summed E-state index contributed by atoms with van der Waals surface area (Å²) in [5.74, 6) is 0. The third kappa shape index (κ3) is 1.75. The summed E-state index contributed by atoms with van der Waals surface area (Å²) in [5, 5.41) is 3.94. The van der Waals surface area contributed by atoms with Crippen LogP contribution < -0.4 is 0 Å². The highest BCUT2D eigenvalue weighted by molar-refractivity contribution is 6.00. The highest BCUT2D eigenvalue weighted by atomic mass is 15.0. The largest absolute Gasteiger partial charge is 0.308 e. The van der Waals surface area contributed by atoms with E-state index in [9.17, 15) is 0 Å². The van der Waals surface area contributed by atoms with Gasteiger partial charge in [0.05, 0.1) is 16.9 Å². The van der Waals surface area contributed by atoms with Gasteiger partial charge in [-0.2, -0.15) is 0 Å². The van der Waals surface area contributed by atoms with Crippen LogP contribution in [0.15, 0.2) is 91.0 Å². The van der Waals surface area contributed by atoms with Gasteiger partial charge in [-0.05, 0) is 28.6 Å². The molecule has 4 aromatic carbocycles. The first-order valence-corrected chi connectivity index (χ1v) is 9.10. The first-order valence-electron chi connectivity index (χ1n) is 9.10.